The molecule has 0 fully saturated rings. The minimum atomic E-state index is -0.347. The Morgan fingerprint density at radius 1 is 1.11 bits per heavy atom. The molecule has 0 aliphatic carbocycles. The second-order valence-corrected chi connectivity index (χ2v) is 7.26. The molecule has 0 saturated carbocycles. The highest BCUT2D eigenvalue weighted by molar-refractivity contribution is 5.76. The van der Waals surface area contributed by atoms with E-state index in [2.05, 4.69) is 9.97 Å². The van der Waals surface area contributed by atoms with Gasteiger partial charge in [-0.25, -0.2) is 9.78 Å². The lowest BCUT2D eigenvalue weighted by molar-refractivity contribution is 0.386. The number of H-pyrrole nitrogens is 1. The second kappa shape index (κ2) is 8.02. The molecule has 150 valence electrons. The zero-order valence-electron chi connectivity index (χ0n) is 16.8. The number of nitrogens with zero attached hydrogens (tertiary/aromatic N) is 4. The summed E-state index contributed by atoms with van der Waals surface area (Å²) in [6, 6.07) is 5.22. The predicted octanol–water partition coefficient (Wildman–Crippen LogP) is 2.14. The van der Waals surface area contributed by atoms with E-state index in [0.29, 0.717) is 43.0 Å². The van der Waals surface area contributed by atoms with Crippen molar-refractivity contribution in [2.24, 2.45) is 0 Å². The second-order valence-electron chi connectivity index (χ2n) is 7.26. The summed E-state index contributed by atoms with van der Waals surface area (Å²) in [5.41, 5.74) is 1.55. The van der Waals surface area contributed by atoms with Crippen LogP contribution in [0.25, 0.3) is 22.6 Å². The number of fused-ring (bicyclic) bond motifs is 1. The van der Waals surface area contributed by atoms with Crippen molar-refractivity contribution in [2.45, 2.75) is 46.3 Å². The number of hydrogen-bond acceptors (Lipinski definition) is 5. The number of hydrogen-bond donors (Lipinski definition) is 2. The fourth-order valence-electron chi connectivity index (χ4n) is 3.35. The Kier molecular flexibility index (Phi) is 5.69. The summed E-state index contributed by atoms with van der Waals surface area (Å²) in [4.78, 5) is 35.3. The maximum absolute atomic E-state index is 12.8. The standard InChI is InChI=1S/C20H27N5O3/c1-5-9-24-18-16(19(27)25(10-6-2)20(24)28)21-17(22-18)13-7-8-15(26)14(11-13)12-23(3)4/h7-8,11,26H,5-6,9-10,12H2,1-4H3,(H,21,22). The summed E-state index contributed by atoms with van der Waals surface area (Å²) < 4.78 is 2.84. The molecule has 0 radical (unpaired) electrons. The van der Waals surface area contributed by atoms with Gasteiger partial charge in [-0.05, 0) is 45.1 Å². The molecule has 0 bridgehead atoms. The van der Waals surface area contributed by atoms with Gasteiger partial charge in [-0.1, -0.05) is 13.8 Å². The number of aromatic nitrogens is 4. The first-order chi connectivity index (χ1) is 13.4. The summed E-state index contributed by atoms with van der Waals surface area (Å²) in [6.45, 7) is 5.35. The Hall–Kier alpha value is -2.87. The van der Waals surface area contributed by atoms with Gasteiger partial charge in [0.25, 0.3) is 5.56 Å². The number of aromatic amines is 1. The fourth-order valence-corrected chi connectivity index (χ4v) is 3.35. The van der Waals surface area contributed by atoms with E-state index < -0.39 is 0 Å². The lowest BCUT2D eigenvalue weighted by Crippen LogP contribution is -2.40. The van der Waals surface area contributed by atoms with E-state index in [1.54, 1.807) is 16.7 Å². The van der Waals surface area contributed by atoms with Crippen LogP contribution in [0.15, 0.2) is 27.8 Å². The molecule has 0 atom stereocenters. The van der Waals surface area contributed by atoms with Crippen LogP contribution < -0.4 is 11.2 Å². The number of phenols is 1. The molecule has 0 unspecified atom stereocenters. The maximum Gasteiger partial charge on any atom is 0.332 e. The lowest BCUT2D eigenvalue weighted by atomic mass is 10.1. The molecule has 8 heteroatoms. The Morgan fingerprint density at radius 3 is 2.43 bits per heavy atom. The molecule has 3 aromatic rings. The number of rotatable bonds is 7. The molecule has 0 aliphatic heterocycles. The molecule has 3 rings (SSSR count). The van der Waals surface area contributed by atoms with Crippen LogP contribution in [0.5, 0.6) is 5.75 Å². The van der Waals surface area contributed by atoms with Gasteiger partial charge in [0.2, 0.25) is 0 Å². The molecule has 28 heavy (non-hydrogen) atoms. The van der Waals surface area contributed by atoms with Crippen molar-refractivity contribution in [3.05, 3.63) is 44.6 Å². The highest BCUT2D eigenvalue weighted by atomic mass is 16.3. The molecule has 0 amide bonds. The van der Waals surface area contributed by atoms with Crippen molar-refractivity contribution in [3.63, 3.8) is 0 Å². The van der Waals surface area contributed by atoms with E-state index in [9.17, 15) is 14.7 Å². The first-order valence-electron chi connectivity index (χ1n) is 9.57. The smallest absolute Gasteiger partial charge is 0.332 e. The van der Waals surface area contributed by atoms with Gasteiger partial charge in [-0.15, -0.1) is 0 Å². The molecule has 8 nitrogen and oxygen atoms in total. The molecule has 1 aromatic carbocycles. The van der Waals surface area contributed by atoms with E-state index in [1.165, 1.54) is 4.57 Å². The average molecular weight is 385 g/mol. The van der Waals surface area contributed by atoms with Gasteiger partial charge in [0.05, 0.1) is 0 Å². The monoisotopic (exact) mass is 385 g/mol. The molecular weight excluding hydrogens is 358 g/mol. The van der Waals surface area contributed by atoms with E-state index in [1.807, 2.05) is 38.9 Å². The van der Waals surface area contributed by atoms with E-state index in [4.69, 9.17) is 0 Å². The van der Waals surface area contributed by atoms with Crippen LogP contribution in [0, 0.1) is 0 Å². The quantitative estimate of drug-likeness (QED) is 0.650. The highest BCUT2D eigenvalue weighted by Crippen LogP contribution is 2.26. The van der Waals surface area contributed by atoms with Gasteiger partial charge >= 0.3 is 5.69 Å². The minimum absolute atomic E-state index is 0.210. The Morgan fingerprint density at radius 2 is 1.79 bits per heavy atom. The van der Waals surface area contributed by atoms with Crippen molar-refractivity contribution < 1.29 is 5.11 Å². The molecular formula is C20H27N5O3. The topological polar surface area (TPSA) is 96.2 Å². The molecule has 2 N–H and O–H groups in total. The van der Waals surface area contributed by atoms with Crippen molar-refractivity contribution in [3.8, 4) is 17.1 Å². The molecule has 0 saturated heterocycles. The van der Waals surface area contributed by atoms with Crippen LogP contribution in [0.3, 0.4) is 0 Å². The third-order valence-electron chi connectivity index (χ3n) is 4.60. The molecule has 2 heterocycles. The van der Waals surface area contributed by atoms with Crippen LogP contribution in [0.4, 0.5) is 0 Å². The van der Waals surface area contributed by atoms with Crippen molar-refractivity contribution >= 4 is 11.2 Å². The molecule has 0 aliphatic rings. The lowest BCUT2D eigenvalue weighted by Gasteiger charge is -2.12. The van der Waals surface area contributed by atoms with Crippen LogP contribution >= 0.6 is 0 Å². The number of nitrogens with one attached hydrogen (secondary N) is 1. The number of benzene rings is 1. The van der Waals surface area contributed by atoms with Gasteiger partial charge in [0.1, 0.15) is 17.1 Å². The largest absolute Gasteiger partial charge is 0.508 e. The van der Waals surface area contributed by atoms with Crippen molar-refractivity contribution in [1.29, 1.82) is 0 Å². The maximum atomic E-state index is 12.8. The van der Waals surface area contributed by atoms with Gasteiger partial charge in [0, 0.05) is 30.8 Å². The molecule has 2 aromatic heterocycles. The van der Waals surface area contributed by atoms with Crippen LogP contribution in [-0.4, -0.2) is 43.2 Å². The van der Waals surface area contributed by atoms with Crippen LogP contribution in [0.1, 0.15) is 32.3 Å². The zero-order chi connectivity index (χ0) is 20.4. The third-order valence-corrected chi connectivity index (χ3v) is 4.60. The fraction of sp³-hybridized carbons (Fsp3) is 0.450. The third kappa shape index (κ3) is 3.60. The van der Waals surface area contributed by atoms with Gasteiger partial charge in [-0.3, -0.25) is 13.9 Å². The Bertz CT molecular complexity index is 1110. The Balaban J connectivity index is 2.22. The average Bonchev–Trinajstić information content (AvgIpc) is 3.09. The number of imidazole rings is 1. The molecule has 0 spiro atoms. The SMILES string of the molecule is CCCn1c(=O)c2[nH]c(-c3ccc(O)c(CN(C)C)c3)nc2n(CCC)c1=O. The van der Waals surface area contributed by atoms with Crippen LogP contribution in [-0.2, 0) is 19.6 Å². The number of aromatic hydroxyl groups is 1. The predicted molar refractivity (Wildman–Crippen MR) is 110 cm³/mol. The summed E-state index contributed by atoms with van der Waals surface area (Å²) >= 11 is 0. The Labute approximate surface area is 163 Å². The van der Waals surface area contributed by atoms with E-state index >= 15 is 0 Å². The van der Waals surface area contributed by atoms with Crippen LogP contribution in [0.2, 0.25) is 0 Å². The first kappa shape index (κ1) is 19.9. The first-order valence-corrected chi connectivity index (χ1v) is 9.57. The zero-order valence-corrected chi connectivity index (χ0v) is 16.8. The van der Waals surface area contributed by atoms with Crippen molar-refractivity contribution in [2.75, 3.05) is 14.1 Å². The summed E-state index contributed by atoms with van der Waals surface area (Å²) in [5, 5.41) is 10.1. The summed E-state index contributed by atoms with van der Waals surface area (Å²) in [5.74, 6) is 0.715. The van der Waals surface area contributed by atoms with Crippen molar-refractivity contribution in [1.82, 2.24) is 24.0 Å². The van der Waals surface area contributed by atoms with E-state index in [0.717, 1.165) is 17.5 Å². The normalized spacial score (nSPS) is 11.6. The highest BCUT2D eigenvalue weighted by Gasteiger charge is 2.18. The summed E-state index contributed by atoms with van der Waals surface area (Å²) in [6.07, 6.45) is 1.45. The van der Waals surface area contributed by atoms with Gasteiger partial charge < -0.3 is 15.0 Å². The summed E-state index contributed by atoms with van der Waals surface area (Å²) in [7, 11) is 3.85. The number of phenolic OH excluding ortho intramolecular Hbond substituents is 1. The minimum Gasteiger partial charge on any atom is -0.508 e. The van der Waals surface area contributed by atoms with Gasteiger partial charge in [0.15, 0.2) is 5.65 Å². The van der Waals surface area contributed by atoms with E-state index in [-0.39, 0.29) is 17.0 Å². The van der Waals surface area contributed by atoms with Gasteiger partial charge in [-0.2, -0.15) is 0 Å². The number of aryl methyl sites for hydroxylation is 1.